The van der Waals surface area contributed by atoms with E-state index in [2.05, 4.69) is 29.2 Å². The molecule has 1 aliphatic heterocycles. The molecule has 2 fully saturated rings. The lowest BCUT2D eigenvalue weighted by molar-refractivity contribution is -0.152. The van der Waals surface area contributed by atoms with Crippen molar-refractivity contribution in [3.8, 4) is 0 Å². The van der Waals surface area contributed by atoms with Crippen LogP contribution >= 0.6 is 0 Å². The Hall–Kier alpha value is -1.35. The summed E-state index contributed by atoms with van der Waals surface area (Å²) in [6, 6.07) is 8.95. The Balaban J connectivity index is 1.60. The fourth-order valence-electron chi connectivity index (χ4n) is 3.48. The molecule has 0 bridgehead atoms. The molecule has 1 saturated carbocycles. The molecule has 0 amide bonds. The fraction of sp³-hybridized carbons (Fsp3) is 0.611. The average molecular weight is 287 g/mol. The SMILES string of the molecule is CCC1(C(=O)O)CCN(Cc2cccc(C3CC3)c2)CC1. The van der Waals surface area contributed by atoms with Crippen LogP contribution in [0.5, 0.6) is 0 Å². The van der Waals surface area contributed by atoms with Gasteiger partial charge in [-0.3, -0.25) is 9.69 Å². The van der Waals surface area contributed by atoms with Gasteiger partial charge in [-0.05, 0) is 62.2 Å². The lowest BCUT2D eigenvalue weighted by atomic mass is 9.76. The van der Waals surface area contributed by atoms with Crippen molar-refractivity contribution in [2.75, 3.05) is 13.1 Å². The first-order chi connectivity index (χ1) is 10.1. The molecule has 0 aromatic heterocycles. The highest BCUT2D eigenvalue weighted by atomic mass is 16.4. The molecule has 3 nitrogen and oxygen atoms in total. The second-order valence-electron chi connectivity index (χ2n) is 6.73. The number of hydrogen-bond donors (Lipinski definition) is 1. The molecule has 1 aliphatic carbocycles. The molecule has 1 N–H and O–H groups in total. The van der Waals surface area contributed by atoms with E-state index in [1.54, 1.807) is 0 Å². The van der Waals surface area contributed by atoms with Crippen molar-refractivity contribution >= 4 is 5.97 Å². The molecule has 0 unspecified atom stereocenters. The summed E-state index contributed by atoms with van der Waals surface area (Å²) in [6.07, 6.45) is 4.98. The molecule has 114 valence electrons. The summed E-state index contributed by atoms with van der Waals surface area (Å²) in [5.41, 5.74) is 2.38. The van der Waals surface area contributed by atoms with Crippen LogP contribution in [0, 0.1) is 5.41 Å². The number of hydrogen-bond acceptors (Lipinski definition) is 2. The lowest BCUT2D eigenvalue weighted by Gasteiger charge is -2.38. The predicted octanol–water partition coefficient (Wildman–Crippen LogP) is 3.64. The second-order valence-corrected chi connectivity index (χ2v) is 6.73. The quantitative estimate of drug-likeness (QED) is 0.899. The Morgan fingerprint density at radius 3 is 2.62 bits per heavy atom. The highest BCUT2D eigenvalue weighted by Crippen LogP contribution is 2.40. The van der Waals surface area contributed by atoms with Gasteiger partial charge in [-0.1, -0.05) is 31.2 Å². The van der Waals surface area contributed by atoms with Gasteiger partial charge in [-0.25, -0.2) is 0 Å². The van der Waals surface area contributed by atoms with Crippen molar-refractivity contribution in [1.29, 1.82) is 0 Å². The third kappa shape index (κ3) is 3.13. The summed E-state index contributed by atoms with van der Waals surface area (Å²) in [7, 11) is 0. The molecular weight excluding hydrogens is 262 g/mol. The summed E-state index contributed by atoms with van der Waals surface area (Å²) < 4.78 is 0. The number of rotatable bonds is 5. The number of piperidine rings is 1. The zero-order chi connectivity index (χ0) is 14.9. The van der Waals surface area contributed by atoms with Crippen molar-refractivity contribution in [2.45, 2.75) is 51.5 Å². The molecule has 3 heteroatoms. The first-order valence-electron chi connectivity index (χ1n) is 8.17. The fourth-order valence-corrected chi connectivity index (χ4v) is 3.48. The van der Waals surface area contributed by atoms with Crippen LogP contribution in [0.1, 0.15) is 56.1 Å². The van der Waals surface area contributed by atoms with Gasteiger partial charge in [-0.2, -0.15) is 0 Å². The van der Waals surface area contributed by atoms with Crippen molar-refractivity contribution in [3.63, 3.8) is 0 Å². The topological polar surface area (TPSA) is 40.5 Å². The Kier molecular flexibility index (Phi) is 4.03. The van der Waals surface area contributed by atoms with E-state index in [0.29, 0.717) is 0 Å². The van der Waals surface area contributed by atoms with Gasteiger partial charge in [0.15, 0.2) is 0 Å². The highest BCUT2D eigenvalue weighted by molar-refractivity contribution is 5.74. The molecular formula is C18H25NO2. The summed E-state index contributed by atoms with van der Waals surface area (Å²) >= 11 is 0. The van der Waals surface area contributed by atoms with E-state index in [4.69, 9.17) is 0 Å². The van der Waals surface area contributed by atoms with Gasteiger partial charge in [0.25, 0.3) is 0 Å². The zero-order valence-electron chi connectivity index (χ0n) is 12.8. The minimum atomic E-state index is -0.611. The van der Waals surface area contributed by atoms with Crippen LogP contribution in [0.3, 0.4) is 0 Å². The maximum absolute atomic E-state index is 11.5. The van der Waals surface area contributed by atoms with E-state index >= 15 is 0 Å². The van der Waals surface area contributed by atoms with Gasteiger partial charge < -0.3 is 5.11 Å². The van der Waals surface area contributed by atoms with Gasteiger partial charge >= 0.3 is 5.97 Å². The second kappa shape index (κ2) is 5.80. The number of likely N-dealkylation sites (tertiary alicyclic amines) is 1. The number of carboxylic acids is 1. The third-order valence-electron chi connectivity index (χ3n) is 5.35. The summed E-state index contributed by atoms with van der Waals surface area (Å²) in [5.74, 6) is 0.187. The standard InChI is InChI=1S/C18H25NO2/c1-2-18(17(20)21)8-10-19(11-9-18)13-14-4-3-5-16(12-14)15-6-7-15/h3-5,12,15H,2,6-11,13H2,1H3,(H,20,21). The molecule has 0 radical (unpaired) electrons. The zero-order valence-corrected chi connectivity index (χ0v) is 12.8. The summed E-state index contributed by atoms with van der Waals surface area (Å²) in [6.45, 7) is 4.75. The molecule has 3 rings (SSSR count). The third-order valence-corrected chi connectivity index (χ3v) is 5.35. The number of benzene rings is 1. The monoisotopic (exact) mass is 287 g/mol. The Morgan fingerprint density at radius 2 is 2.05 bits per heavy atom. The average Bonchev–Trinajstić information content (AvgIpc) is 3.33. The molecule has 21 heavy (non-hydrogen) atoms. The van der Waals surface area contributed by atoms with E-state index in [9.17, 15) is 9.90 Å². The van der Waals surface area contributed by atoms with E-state index in [-0.39, 0.29) is 0 Å². The molecule has 1 heterocycles. The summed E-state index contributed by atoms with van der Waals surface area (Å²) in [5, 5.41) is 9.45. The maximum Gasteiger partial charge on any atom is 0.309 e. The van der Waals surface area contributed by atoms with Crippen LogP contribution in [-0.2, 0) is 11.3 Å². The molecule has 1 aromatic rings. The molecule has 0 spiro atoms. The minimum Gasteiger partial charge on any atom is -0.481 e. The largest absolute Gasteiger partial charge is 0.481 e. The van der Waals surface area contributed by atoms with E-state index in [1.807, 2.05) is 6.92 Å². The van der Waals surface area contributed by atoms with Gasteiger partial charge in [0.2, 0.25) is 0 Å². The van der Waals surface area contributed by atoms with Crippen LogP contribution in [-0.4, -0.2) is 29.1 Å². The smallest absolute Gasteiger partial charge is 0.309 e. The van der Waals surface area contributed by atoms with E-state index in [0.717, 1.165) is 44.8 Å². The normalized spacial score (nSPS) is 22.1. The number of nitrogens with zero attached hydrogens (tertiary/aromatic N) is 1. The van der Waals surface area contributed by atoms with Crippen molar-refractivity contribution in [3.05, 3.63) is 35.4 Å². The molecule has 0 atom stereocenters. The van der Waals surface area contributed by atoms with Crippen LogP contribution in [0.25, 0.3) is 0 Å². The number of aliphatic carboxylic acids is 1. The molecule has 1 aromatic carbocycles. The van der Waals surface area contributed by atoms with Gasteiger partial charge in [0.05, 0.1) is 5.41 Å². The molecule has 1 saturated heterocycles. The lowest BCUT2D eigenvalue weighted by Crippen LogP contribution is -2.43. The van der Waals surface area contributed by atoms with Crippen LogP contribution < -0.4 is 0 Å². The number of carboxylic acid groups (broad SMARTS) is 1. The first-order valence-corrected chi connectivity index (χ1v) is 8.17. The van der Waals surface area contributed by atoms with Gasteiger partial charge in [-0.15, -0.1) is 0 Å². The Bertz CT molecular complexity index is 514. The highest BCUT2D eigenvalue weighted by Gasteiger charge is 2.39. The molecule has 2 aliphatic rings. The van der Waals surface area contributed by atoms with Crippen LogP contribution in [0.4, 0.5) is 0 Å². The van der Waals surface area contributed by atoms with E-state index in [1.165, 1.54) is 24.0 Å². The van der Waals surface area contributed by atoms with Gasteiger partial charge in [0.1, 0.15) is 0 Å². The van der Waals surface area contributed by atoms with Crippen molar-refractivity contribution < 1.29 is 9.90 Å². The van der Waals surface area contributed by atoms with E-state index < -0.39 is 11.4 Å². The predicted molar refractivity (Wildman–Crippen MR) is 83.3 cm³/mol. The Morgan fingerprint density at radius 1 is 1.33 bits per heavy atom. The van der Waals surface area contributed by atoms with Gasteiger partial charge in [0, 0.05) is 6.54 Å². The first kappa shape index (κ1) is 14.6. The van der Waals surface area contributed by atoms with Crippen molar-refractivity contribution in [1.82, 2.24) is 4.90 Å². The summed E-state index contributed by atoms with van der Waals surface area (Å²) in [4.78, 5) is 13.9. The van der Waals surface area contributed by atoms with Crippen molar-refractivity contribution in [2.24, 2.45) is 5.41 Å². The van der Waals surface area contributed by atoms with Crippen LogP contribution in [0.2, 0.25) is 0 Å². The maximum atomic E-state index is 11.5. The number of carbonyl (C=O) groups is 1. The Labute approximate surface area is 127 Å². The minimum absolute atomic E-state index is 0.480. The van der Waals surface area contributed by atoms with Crippen LogP contribution in [0.15, 0.2) is 24.3 Å².